The summed E-state index contributed by atoms with van der Waals surface area (Å²) in [5.41, 5.74) is 0.613. The zero-order valence-electron chi connectivity index (χ0n) is 9.86. The van der Waals surface area contributed by atoms with E-state index in [-0.39, 0.29) is 11.8 Å². The minimum absolute atomic E-state index is 0.00297. The van der Waals surface area contributed by atoms with Crippen LogP contribution in [0.3, 0.4) is 0 Å². The van der Waals surface area contributed by atoms with Crippen molar-refractivity contribution in [3.05, 3.63) is 23.7 Å². The molecule has 1 aromatic rings. The molecule has 1 aliphatic rings. The van der Waals surface area contributed by atoms with Gasteiger partial charge in [0.2, 0.25) is 5.91 Å². The quantitative estimate of drug-likeness (QED) is 0.826. The van der Waals surface area contributed by atoms with Gasteiger partial charge in [0.15, 0.2) is 0 Å². The molecule has 1 saturated heterocycles. The van der Waals surface area contributed by atoms with Crippen molar-refractivity contribution in [3.8, 4) is 0 Å². The Morgan fingerprint density at radius 2 is 2.35 bits per heavy atom. The number of nitrogens with zero attached hydrogens (tertiary/aromatic N) is 1. The summed E-state index contributed by atoms with van der Waals surface area (Å²) in [6.45, 7) is 3.49. The molecule has 0 spiro atoms. The van der Waals surface area contributed by atoms with Crippen LogP contribution in [0.2, 0.25) is 0 Å². The number of hydrogen-bond donors (Lipinski definition) is 1. The first-order chi connectivity index (χ1) is 8.22. The molecular formula is C12H16N2O3. The van der Waals surface area contributed by atoms with Crippen LogP contribution in [0.4, 0.5) is 0 Å². The zero-order valence-corrected chi connectivity index (χ0v) is 9.86. The summed E-state index contributed by atoms with van der Waals surface area (Å²) in [4.78, 5) is 25.1. The highest BCUT2D eigenvalue weighted by atomic mass is 16.3. The van der Waals surface area contributed by atoms with Gasteiger partial charge < -0.3 is 14.6 Å². The van der Waals surface area contributed by atoms with Crippen molar-refractivity contribution >= 4 is 11.8 Å². The molecule has 92 valence electrons. The number of furan rings is 1. The minimum atomic E-state index is -0.0490. The predicted octanol–water partition coefficient (Wildman–Crippen LogP) is 0.804. The number of carbonyl (C=O) groups is 2. The molecule has 5 heteroatoms. The molecule has 0 aliphatic carbocycles. The molecule has 2 rings (SSSR count). The van der Waals surface area contributed by atoms with Crippen molar-refractivity contribution in [3.63, 3.8) is 0 Å². The van der Waals surface area contributed by atoms with Crippen LogP contribution < -0.4 is 5.32 Å². The third-order valence-electron chi connectivity index (χ3n) is 2.90. The van der Waals surface area contributed by atoms with Gasteiger partial charge in [0.1, 0.15) is 5.76 Å². The Hall–Kier alpha value is -1.78. The number of rotatable bonds is 2. The van der Waals surface area contributed by atoms with Crippen molar-refractivity contribution in [1.82, 2.24) is 10.2 Å². The fraction of sp³-hybridized carbons (Fsp3) is 0.500. The normalized spacial score (nSPS) is 16.5. The van der Waals surface area contributed by atoms with Gasteiger partial charge in [-0.25, -0.2) is 0 Å². The van der Waals surface area contributed by atoms with Crippen LogP contribution in [0, 0.1) is 0 Å². The SMILES string of the molecule is CCc1occc1C(=O)N1CCNC(=O)CC1. The highest BCUT2D eigenvalue weighted by molar-refractivity contribution is 5.95. The van der Waals surface area contributed by atoms with Gasteiger partial charge in [-0.3, -0.25) is 9.59 Å². The monoisotopic (exact) mass is 236 g/mol. The smallest absolute Gasteiger partial charge is 0.257 e. The van der Waals surface area contributed by atoms with Crippen molar-refractivity contribution < 1.29 is 14.0 Å². The maximum absolute atomic E-state index is 12.2. The third-order valence-corrected chi connectivity index (χ3v) is 2.90. The second-order valence-electron chi connectivity index (χ2n) is 4.00. The van der Waals surface area contributed by atoms with Crippen LogP contribution in [-0.4, -0.2) is 36.3 Å². The lowest BCUT2D eigenvalue weighted by atomic mass is 10.2. The Labute approximate surface area is 99.8 Å². The number of nitrogens with one attached hydrogen (secondary N) is 1. The molecule has 2 amide bonds. The fourth-order valence-electron chi connectivity index (χ4n) is 1.95. The molecule has 17 heavy (non-hydrogen) atoms. The van der Waals surface area contributed by atoms with Crippen LogP contribution >= 0.6 is 0 Å². The zero-order chi connectivity index (χ0) is 12.3. The van der Waals surface area contributed by atoms with Gasteiger partial charge in [0.25, 0.3) is 5.91 Å². The number of hydrogen-bond acceptors (Lipinski definition) is 3. The van der Waals surface area contributed by atoms with E-state index < -0.39 is 0 Å². The summed E-state index contributed by atoms with van der Waals surface area (Å²) < 4.78 is 5.25. The Morgan fingerprint density at radius 1 is 1.53 bits per heavy atom. The Morgan fingerprint density at radius 3 is 3.12 bits per heavy atom. The number of aryl methyl sites for hydroxylation is 1. The minimum Gasteiger partial charge on any atom is -0.469 e. The van der Waals surface area contributed by atoms with Gasteiger partial charge in [-0.05, 0) is 6.07 Å². The summed E-state index contributed by atoms with van der Waals surface area (Å²) in [5.74, 6) is 0.661. The predicted molar refractivity (Wildman–Crippen MR) is 61.6 cm³/mol. The average molecular weight is 236 g/mol. The van der Waals surface area contributed by atoms with Crippen LogP contribution in [0.1, 0.15) is 29.5 Å². The van der Waals surface area contributed by atoms with E-state index in [2.05, 4.69) is 5.32 Å². The maximum Gasteiger partial charge on any atom is 0.257 e. The van der Waals surface area contributed by atoms with Gasteiger partial charge in [0, 0.05) is 32.5 Å². The van der Waals surface area contributed by atoms with E-state index >= 15 is 0 Å². The molecule has 5 nitrogen and oxygen atoms in total. The van der Waals surface area contributed by atoms with E-state index in [0.29, 0.717) is 43.8 Å². The third kappa shape index (κ3) is 2.49. The van der Waals surface area contributed by atoms with Crippen LogP contribution in [0.5, 0.6) is 0 Å². The van der Waals surface area contributed by atoms with Crippen molar-refractivity contribution in [2.45, 2.75) is 19.8 Å². The van der Waals surface area contributed by atoms with E-state index in [9.17, 15) is 9.59 Å². The van der Waals surface area contributed by atoms with Gasteiger partial charge >= 0.3 is 0 Å². The molecular weight excluding hydrogens is 220 g/mol. The molecule has 1 N–H and O–H groups in total. The summed E-state index contributed by atoms with van der Waals surface area (Å²) in [6.07, 6.45) is 2.59. The van der Waals surface area contributed by atoms with Gasteiger partial charge in [-0.15, -0.1) is 0 Å². The second-order valence-corrected chi connectivity index (χ2v) is 4.00. The molecule has 0 bridgehead atoms. The van der Waals surface area contributed by atoms with E-state index in [4.69, 9.17) is 4.42 Å². The van der Waals surface area contributed by atoms with Gasteiger partial charge in [-0.2, -0.15) is 0 Å². The largest absolute Gasteiger partial charge is 0.469 e. The standard InChI is InChI=1S/C12H16N2O3/c1-2-10-9(4-8-17-10)12(16)14-6-3-11(15)13-5-7-14/h4,8H,2-3,5-7H2,1H3,(H,13,15). The van der Waals surface area contributed by atoms with E-state index in [1.807, 2.05) is 6.92 Å². The highest BCUT2D eigenvalue weighted by Crippen LogP contribution is 2.14. The molecule has 0 saturated carbocycles. The first kappa shape index (κ1) is 11.7. The topological polar surface area (TPSA) is 62.6 Å². The summed E-state index contributed by atoms with van der Waals surface area (Å²) in [7, 11) is 0. The Kier molecular flexibility index (Phi) is 3.46. The number of carbonyl (C=O) groups excluding carboxylic acids is 2. The van der Waals surface area contributed by atoms with E-state index in [1.165, 1.54) is 6.26 Å². The van der Waals surface area contributed by atoms with Crippen LogP contribution in [0.25, 0.3) is 0 Å². The number of amides is 2. The molecule has 0 aromatic carbocycles. The summed E-state index contributed by atoms with van der Waals surface area (Å²) in [5, 5.41) is 2.75. The molecule has 0 atom stereocenters. The molecule has 2 heterocycles. The first-order valence-corrected chi connectivity index (χ1v) is 5.84. The van der Waals surface area contributed by atoms with Crippen LogP contribution in [-0.2, 0) is 11.2 Å². The van der Waals surface area contributed by atoms with Crippen molar-refractivity contribution in [1.29, 1.82) is 0 Å². The van der Waals surface area contributed by atoms with Crippen molar-refractivity contribution in [2.75, 3.05) is 19.6 Å². The summed E-state index contributed by atoms with van der Waals surface area (Å²) >= 11 is 0. The van der Waals surface area contributed by atoms with E-state index in [0.717, 1.165) is 0 Å². The molecule has 1 aromatic heterocycles. The lowest BCUT2D eigenvalue weighted by Gasteiger charge is -2.19. The lowest BCUT2D eigenvalue weighted by Crippen LogP contribution is -2.34. The average Bonchev–Trinajstić information content (AvgIpc) is 2.70. The van der Waals surface area contributed by atoms with Gasteiger partial charge in [0.05, 0.1) is 11.8 Å². The van der Waals surface area contributed by atoms with Crippen LogP contribution in [0.15, 0.2) is 16.7 Å². The lowest BCUT2D eigenvalue weighted by molar-refractivity contribution is -0.120. The van der Waals surface area contributed by atoms with Gasteiger partial charge in [-0.1, -0.05) is 6.92 Å². The first-order valence-electron chi connectivity index (χ1n) is 5.84. The van der Waals surface area contributed by atoms with Crippen molar-refractivity contribution in [2.24, 2.45) is 0 Å². The Balaban J connectivity index is 2.11. The summed E-state index contributed by atoms with van der Waals surface area (Å²) in [6, 6.07) is 1.70. The maximum atomic E-state index is 12.2. The second kappa shape index (κ2) is 5.03. The fourth-order valence-corrected chi connectivity index (χ4v) is 1.95. The molecule has 1 fully saturated rings. The Bertz CT molecular complexity index is 425. The molecule has 0 radical (unpaired) electrons. The highest BCUT2D eigenvalue weighted by Gasteiger charge is 2.22. The van der Waals surface area contributed by atoms with E-state index in [1.54, 1.807) is 11.0 Å². The molecule has 1 aliphatic heterocycles. The molecule has 0 unspecified atom stereocenters.